The van der Waals surface area contributed by atoms with Gasteiger partial charge in [0.1, 0.15) is 0 Å². The molecule has 0 fully saturated rings. The van der Waals surface area contributed by atoms with E-state index in [1.807, 2.05) is 0 Å². The molecule has 0 aliphatic rings. The predicted molar refractivity (Wildman–Crippen MR) is 13.8 cm³/mol. The van der Waals surface area contributed by atoms with Gasteiger partial charge in [0.15, 0.2) is 0 Å². The molecule has 0 atom stereocenters. The van der Waals surface area contributed by atoms with Gasteiger partial charge in [0, 0.05) is 0 Å². The van der Waals surface area contributed by atoms with E-state index in [4.69, 9.17) is 42.1 Å². The van der Waals surface area contributed by atoms with Gasteiger partial charge in [0.2, 0.25) is 0 Å². The van der Waals surface area contributed by atoms with Gasteiger partial charge < -0.3 is 42.1 Å². The first-order chi connectivity index (χ1) is 4.00. The molecule has 0 aromatic rings. The normalized spacial score (nSPS) is 2.67. The van der Waals surface area contributed by atoms with Crippen molar-refractivity contribution >= 4 is 0 Å². The van der Waals surface area contributed by atoms with Crippen LogP contribution in [0.1, 0.15) is 0 Å². The van der Waals surface area contributed by atoms with Crippen LogP contribution in [-0.2, 0) is 0 Å². The second-order valence-electron chi connectivity index (χ2n) is 0. The molecule has 0 radical (unpaired) electrons. The molecule has 0 heterocycles. The molecule has 0 aromatic heterocycles. The van der Waals surface area contributed by atoms with Gasteiger partial charge >= 0.3 is 7.43 Å². The standard InChI is InChI=1S/C.4H2O2/c;4*1-2/h;4*1-2H/q+4;;;;/p-4. The predicted octanol–water partition coefficient (Wildman–Crippen LogP) is -4.64. The zero-order valence-corrected chi connectivity index (χ0v) is 3.92. The molecule has 8 heteroatoms. The van der Waals surface area contributed by atoms with Crippen LogP contribution in [0.2, 0.25) is 0 Å². The van der Waals surface area contributed by atoms with Gasteiger partial charge in [-0.25, -0.2) is 0 Å². The minimum absolute atomic E-state index is 0. The SMILES string of the molecule is [C+4].[O-]O.[O-]O.[O-]O.[O-]O. The third-order valence-corrected chi connectivity index (χ3v) is 0. The molecule has 4 N–H and O–H groups in total. The van der Waals surface area contributed by atoms with E-state index in [0.717, 1.165) is 0 Å². The van der Waals surface area contributed by atoms with Crippen LogP contribution in [0.3, 0.4) is 0 Å². The zero-order valence-electron chi connectivity index (χ0n) is 3.92. The fourth-order valence-electron chi connectivity index (χ4n) is 0. The molecule has 0 amide bonds. The molecule has 0 saturated heterocycles. The van der Waals surface area contributed by atoms with E-state index in [2.05, 4.69) is 0 Å². The quantitative estimate of drug-likeness (QED) is 0.194. The van der Waals surface area contributed by atoms with Gasteiger partial charge in [-0.05, 0) is 0 Å². The van der Waals surface area contributed by atoms with Crippen molar-refractivity contribution in [3.63, 3.8) is 0 Å². The summed E-state index contributed by atoms with van der Waals surface area (Å²) in [6.07, 6.45) is 0. The van der Waals surface area contributed by atoms with Crippen LogP contribution in [0, 0.1) is 7.43 Å². The molecule has 0 bridgehead atoms. The maximum absolute atomic E-state index is 7.25. The van der Waals surface area contributed by atoms with Gasteiger partial charge in [-0.15, -0.1) is 0 Å². The fraction of sp³-hybridized carbons (Fsp3) is 0. The molecule has 56 valence electrons. The molecule has 9 heavy (non-hydrogen) atoms. The summed E-state index contributed by atoms with van der Waals surface area (Å²) in [6.45, 7) is 0. The molecule has 0 rings (SSSR count). The van der Waals surface area contributed by atoms with Crippen molar-refractivity contribution in [2.24, 2.45) is 0 Å². The molecular weight excluding hydrogens is 140 g/mol. The third kappa shape index (κ3) is 2420. The van der Waals surface area contributed by atoms with Crippen LogP contribution in [0.25, 0.3) is 0 Å². The van der Waals surface area contributed by atoms with Gasteiger partial charge in [-0.2, -0.15) is 0 Å². The molecule has 0 aliphatic heterocycles. The minimum atomic E-state index is 0. The topological polar surface area (TPSA) is 173 Å². The van der Waals surface area contributed by atoms with Crippen LogP contribution in [-0.4, -0.2) is 21.0 Å². The van der Waals surface area contributed by atoms with Crippen molar-refractivity contribution in [1.29, 1.82) is 0 Å². The van der Waals surface area contributed by atoms with Crippen molar-refractivity contribution in [2.75, 3.05) is 0 Å². The zero-order chi connectivity index (χ0) is 8.00. The Labute approximate surface area is 50.8 Å². The summed E-state index contributed by atoms with van der Waals surface area (Å²) in [5, 5.41) is 52.0. The smallest absolute Gasteiger partial charge is 0.727 e. The molecule has 0 saturated carbocycles. The Kier molecular flexibility index (Phi) is 14100. The van der Waals surface area contributed by atoms with Gasteiger partial charge in [-0.3, -0.25) is 0 Å². The van der Waals surface area contributed by atoms with E-state index in [9.17, 15) is 0 Å². The number of rotatable bonds is 0. The Morgan fingerprint density at radius 3 is 0.444 bits per heavy atom. The van der Waals surface area contributed by atoms with Crippen LogP contribution in [0.15, 0.2) is 0 Å². The van der Waals surface area contributed by atoms with E-state index in [1.54, 1.807) is 0 Å². The first-order valence-corrected chi connectivity index (χ1v) is 0.730. The summed E-state index contributed by atoms with van der Waals surface area (Å²) in [6, 6.07) is 0. The summed E-state index contributed by atoms with van der Waals surface area (Å²) in [4.78, 5) is 0. The Balaban J connectivity index is -0.00000000762. The largest absolute Gasteiger partial charge is 4.00 e. The van der Waals surface area contributed by atoms with Gasteiger partial charge in [0.25, 0.3) is 0 Å². The van der Waals surface area contributed by atoms with Crippen molar-refractivity contribution < 1.29 is 42.1 Å². The van der Waals surface area contributed by atoms with E-state index < -0.39 is 0 Å². The first-order valence-electron chi connectivity index (χ1n) is 0.730. The summed E-state index contributed by atoms with van der Waals surface area (Å²) >= 11 is 0. The average molecular weight is 144 g/mol. The molecule has 0 aliphatic carbocycles. The second-order valence-corrected chi connectivity index (χ2v) is 0. The van der Waals surface area contributed by atoms with E-state index in [1.165, 1.54) is 0 Å². The van der Waals surface area contributed by atoms with Gasteiger partial charge in [-0.1, -0.05) is 0 Å². The van der Waals surface area contributed by atoms with E-state index >= 15 is 0 Å². The molecule has 0 spiro atoms. The number of hydrogen-bond acceptors (Lipinski definition) is 8. The Hall–Kier alpha value is -0.320. The van der Waals surface area contributed by atoms with Crippen LogP contribution in [0.4, 0.5) is 0 Å². The molecule has 0 unspecified atom stereocenters. The molecule has 0 aromatic carbocycles. The fourth-order valence-corrected chi connectivity index (χ4v) is 0. The van der Waals surface area contributed by atoms with Crippen LogP contribution < -0.4 is 21.0 Å². The average Bonchev–Trinajstić information content (AvgIpc) is 2.03. The third-order valence-electron chi connectivity index (χ3n) is 0. The summed E-state index contributed by atoms with van der Waals surface area (Å²) in [5.41, 5.74) is 0. The molecular formula is CH4O8. The summed E-state index contributed by atoms with van der Waals surface area (Å²) in [5.74, 6) is 0. The van der Waals surface area contributed by atoms with E-state index in [0.29, 0.717) is 0 Å². The summed E-state index contributed by atoms with van der Waals surface area (Å²) < 4.78 is 0. The van der Waals surface area contributed by atoms with E-state index in [-0.39, 0.29) is 7.43 Å². The van der Waals surface area contributed by atoms with Crippen LogP contribution in [0.5, 0.6) is 0 Å². The Morgan fingerprint density at radius 2 is 0.444 bits per heavy atom. The van der Waals surface area contributed by atoms with Crippen molar-refractivity contribution in [1.82, 2.24) is 0 Å². The van der Waals surface area contributed by atoms with Crippen molar-refractivity contribution in [3.05, 3.63) is 7.43 Å². The van der Waals surface area contributed by atoms with Gasteiger partial charge in [0.05, 0.1) is 0 Å². The van der Waals surface area contributed by atoms with Crippen LogP contribution >= 0.6 is 0 Å². The maximum atomic E-state index is 7.25. The maximum Gasteiger partial charge on any atom is 4.00 e. The minimum Gasteiger partial charge on any atom is -0.727 e. The Morgan fingerprint density at radius 1 is 0.444 bits per heavy atom. The monoisotopic (exact) mass is 144 g/mol. The molecule has 8 nitrogen and oxygen atoms in total. The Bertz CT molecular complexity index is 4.53. The number of hydrogen-bond donors (Lipinski definition) is 4. The van der Waals surface area contributed by atoms with Crippen molar-refractivity contribution in [2.45, 2.75) is 0 Å². The summed E-state index contributed by atoms with van der Waals surface area (Å²) in [7, 11) is 0. The van der Waals surface area contributed by atoms with Crippen molar-refractivity contribution in [3.8, 4) is 0 Å². The second kappa shape index (κ2) is 3350. The first kappa shape index (κ1) is 37.8.